The van der Waals surface area contributed by atoms with Gasteiger partial charge in [-0.05, 0) is 40.6 Å². The SMILES string of the molecule is O=S(=O)(c1ccc2ccccc2c1)N1CCS[C@H]1c1cccc(Cl)c1. The van der Waals surface area contributed by atoms with E-state index in [1.54, 1.807) is 34.3 Å². The number of halogens is 1. The Morgan fingerprint density at radius 2 is 1.76 bits per heavy atom. The minimum absolute atomic E-state index is 0.241. The Balaban J connectivity index is 1.75. The van der Waals surface area contributed by atoms with Gasteiger partial charge >= 0.3 is 0 Å². The minimum atomic E-state index is -3.57. The Morgan fingerprint density at radius 3 is 2.56 bits per heavy atom. The van der Waals surface area contributed by atoms with Crippen molar-refractivity contribution in [1.82, 2.24) is 4.31 Å². The van der Waals surface area contributed by atoms with Crippen LogP contribution in [-0.2, 0) is 10.0 Å². The molecule has 1 aliphatic rings. The van der Waals surface area contributed by atoms with Crippen LogP contribution in [0, 0.1) is 0 Å². The molecule has 25 heavy (non-hydrogen) atoms. The van der Waals surface area contributed by atoms with Gasteiger partial charge in [-0.2, -0.15) is 4.31 Å². The zero-order chi connectivity index (χ0) is 17.4. The maximum atomic E-state index is 13.2. The third kappa shape index (κ3) is 3.17. The van der Waals surface area contributed by atoms with Crippen LogP contribution in [0.15, 0.2) is 71.6 Å². The second kappa shape index (κ2) is 6.65. The smallest absolute Gasteiger partial charge is 0.207 e. The molecule has 0 radical (unpaired) electrons. The number of benzene rings is 3. The number of rotatable bonds is 3. The van der Waals surface area contributed by atoms with E-state index in [9.17, 15) is 8.42 Å². The highest BCUT2D eigenvalue weighted by atomic mass is 35.5. The fourth-order valence-corrected chi connectivity index (χ4v) is 6.55. The Hall–Kier alpha value is -1.53. The summed E-state index contributed by atoms with van der Waals surface area (Å²) in [4.78, 5) is 0.334. The Morgan fingerprint density at radius 1 is 0.960 bits per heavy atom. The molecule has 3 aromatic carbocycles. The Kier molecular flexibility index (Phi) is 4.50. The normalized spacial score (nSPS) is 18.7. The van der Waals surface area contributed by atoms with Crippen LogP contribution in [0.2, 0.25) is 5.02 Å². The quantitative estimate of drug-likeness (QED) is 0.637. The highest BCUT2D eigenvalue weighted by Crippen LogP contribution is 2.42. The molecule has 0 N–H and O–H groups in total. The summed E-state index contributed by atoms with van der Waals surface area (Å²) in [6.45, 7) is 0.497. The molecule has 3 aromatic rings. The molecule has 1 atom stereocenters. The van der Waals surface area contributed by atoms with E-state index in [-0.39, 0.29) is 5.37 Å². The average molecular weight is 390 g/mol. The zero-order valence-corrected chi connectivity index (χ0v) is 15.7. The third-order valence-electron chi connectivity index (χ3n) is 4.31. The van der Waals surface area contributed by atoms with Crippen LogP contribution in [-0.4, -0.2) is 25.0 Å². The molecule has 0 aliphatic carbocycles. The second-order valence-electron chi connectivity index (χ2n) is 5.90. The van der Waals surface area contributed by atoms with Crippen molar-refractivity contribution >= 4 is 44.2 Å². The van der Waals surface area contributed by atoms with Gasteiger partial charge in [0.25, 0.3) is 0 Å². The molecule has 1 saturated heterocycles. The van der Waals surface area contributed by atoms with Gasteiger partial charge in [0.05, 0.1) is 10.3 Å². The van der Waals surface area contributed by atoms with Crippen molar-refractivity contribution in [3.05, 3.63) is 77.3 Å². The van der Waals surface area contributed by atoms with Gasteiger partial charge in [-0.1, -0.05) is 54.1 Å². The van der Waals surface area contributed by atoms with Crippen molar-refractivity contribution in [2.45, 2.75) is 10.3 Å². The van der Waals surface area contributed by atoms with Gasteiger partial charge in [0, 0.05) is 17.3 Å². The number of nitrogens with zero attached hydrogens (tertiary/aromatic N) is 1. The molecule has 0 aromatic heterocycles. The van der Waals surface area contributed by atoms with Gasteiger partial charge < -0.3 is 0 Å². The summed E-state index contributed by atoms with van der Waals surface area (Å²) in [5.74, 6) is 0.768. The van der Waals surface area contributed by atoms with E-state index in [0.29, 0.717) is 16.5 Å². The van der Waals surface area contributed by atoms with Crippen LogP contribution >= 0.6 is 23.4 Å². The second-order valence-corrected chi connectivity index (χ2v) is 9.42. The standard InChI is InChI=1S/C19H16ClNO2S2/c20-17-7-3-6-16(12-17)19-21(10-11-24-19)25(22,23)18-9-8-14-4-1-2-5-15(14)13-18/h1-9,12-13,19H,10-11H2/t19-/m0/s1. The lowest BCUT2D eigenvalue weighted by atomic mass is 10.1. The molecule has 0 saturated carbocycles. The topological polar surface area (TPSA) is 37.4 Å². The van der Waals surface area contributed by atoms with Crippen LogP contribution in [0.5, 0.6) is 0 Å². The number of thioether (sulfide) groups is 1. The van der Waals surface area contributed by atoms with E-state index in [1.807, 2.05) is 48.5 Å². The van der Waals surface area contributed by atoms with Gasteiger partial charge in [0.15, 0.2) is 0 Å². The van der Waals surface area contributed by atoms with E-state index in [2.05, 4.69) is 0 Å². The summed E-state index contributed by atoms with van der Waals surface area (Å²) in [6.07, 6.45) is 0. The molecule has 1 heterocycles. The van der Waals surface area contributed by atoms with Crippen LogP contribution in [0.3, 0.4) is 0 Å². The molecule has 1 fully saturated rings. The van der Waals surface area contributed by atoms with E-state index in [4.69, 9.17) is 11.6 Å². The summed E-state index contributed by atoms with van der Waals surface area (Å²) in [5.41, 5.74) is 0.916. The van der Waals surface area contributed by atoms with E-state index < -0.39 is 10.0 Å². The molecule has 0 unspecified atom stereocenters. The van der Waals surface area contributed by atoms with Crippen LogP contribution in [0.1, 0.15) is 10.9 Å². The lowest BCUT2D eigenvalue weighted by Gasteiger charge is -2.24. The van der Waals surface area contributed by atoms with E-state index in [1.165, 1.54) is 0 Å². The Bertz CT molecular complexity index is 1040. The predicted octanol–water partition coefficient (Wildman–Crippen LogP) is 4.93. The molecule has 3 nitrogen and oxygen atoms in total. The summed E-state index contributed by atoms with van der Waals surface area (Å²) in [7, 11) is -3.57. The molecule has 0 amide bonds. The first-order chi connectivity index (χ1) is 12.1. The lowest BCUT2D eigenvalue weighted by Crippen LogP contribution is -2.30. The Labute approximate surface area is 156 Å². The highest BCUT2D eigenvalue weighted by molar-refractivity contribution is 8.01. The number of hydrogen-bond donors (Lipinski definition) is 0. The number of sulfonamides is 1. The molecular formula is C19H16ClNO2S2. The molecule has 1 aliphatic heterocycles. The minimum Gasteiger partial charge on any atom is -0.207 e. The first-order valence-corrected chi connectivity index (χ1v) is 10.8. The highest BCUT2D eigenvalue weighted by Gasteiger charge is 2.36. The summed E-state index contributed by atoms with van der Waals surface area (Å²) >= 11 is 7.72. The van der Waals surface area contributed by atoms with Gasteiger partial charge in [-0.3, -0.25) is 0 Å². The van der Waals surface area contributed by atoms with Crippen molar-refractivity contribution in [2.75, 3.05) is 12.3 Å². The van der Waals surface area contributed by atoms with Crippen molar-refractivity contribution in [1.29, 1.82) is 0 Å². The molecule has 4 rings (SSSR count). The first-order valence-electron chi connectivity index (χ1n) is 7.93. The summed E-state index contributed by atoms with van der Waals surface area (Å²) in [5, 5.41) is 2.33. The van der Waals surface area contributed by atoms with Gasteiger partial charge in [0.2, 0.25) is 10.0 Å². The lowest BCUT2D eigenvalue weighted by molar-refractivity contribution is 0.434. The molecular weight excluding hydrogens is 374 g/mol. The van der Waals surface area contributed by atoms with Gasteiger partial charge in [-0.15, -0.1) is 11.8 Å². The van der Waals surface area contributed by atoms with Crippen molar-refractivity contribution in [3.63, 3.8) is 0 Å². The van der Waals surface area contributed by atoms with Crippen molar-refractivity contribution in [3.8, 4) is 0 Å². The van der Waals surface area contributed by atoms with E-state index in [0.717, 1.165) is 22.1 Å². The van der Waals surface area contributed by atoms with Crippen LogP contribution in [0.4, 0.5) is 0 Å². The monoisotopic (exact) mass is 389 g/mol. The molecule has 128 valence electrons. The third-order valence-corrected chi connectivity index (χ3v) is 7.80. The summed E-state index contributed by atoms with van der Waals surface area (Å²) < 4.78 is 28.0. The number of fused-ring (bicyclic) bond motifs is 1. The van der Waals surface area contributed by atoms with Gasteiger partial charge in [0.1, 0.15) is 0 Å². The maximum absolute atomic E-state index is 13.2. The van der Waals surface area contributed by atoms with Crippen LogP contribution < -0.4 is 0 Å². The number of hydrogen-bond acceptors (Lipinski definition) is 3. The maximum Gasteiger partial charge on any atom is 0.244 e. The zero-order valence-electron chi connectivity index (χ0n) is 13.3. The van der Waals surface area contributed by atoms with E-state index >= 15 is 0 Å². The van der Waals surface area contributed by atoms with Crippen molar-refractivity contribution < 1.29 is 8.42 Å². The van der Waals surface area contributed by atoms with Crippen molar-refractivity contribution in [2.24, 2.45) is 0 Å². The summed E-state index contributed by atoms with van der Waals surface area (Å²) in [6, 6.07) is 20.5. The predicted molar refractivity (Wildman–Crippen MR) is 104 cm³/mol. The molecule has 0 bridgehead atoms. The fraction of sp³-hybridized carbons (Fsp3) is 0.158. The molecule has 0 spiro atoms. The largest absolute Gasteiger partial charge is 0.244 e. The first kappa shape index (κ1) is 16.9. The molecule has 6 heteroatoms. The van der Waals surface area contributed by atoms with Crippen LogP contribution in [0.25, 0.3) is 10.8 Å². The average Bonchev–Trinajstić information content (AvgIpc) is 3.12. The fourth-order valence-electron chi connectivity index (χ4n) is 3.09. The van der Waals surface area contributed by atoms with Gasteiger partial charge in [-0.25, -0.2) is 8.42 Å².